The van der Waals surface area contributed by atoms with E-state index in [0.717, 1.165) is 67.5 Å². The molecule has 1 aliphatic rings. The number of amides is 2. The smallest absolute Gasteiger partial charge is 0.323 e. The van der Waals surface area contributed by atoms with Crippen LogP contribution in [0.2, 0.25) is 0 Å². The number of aryl methyl sites for hydroxylation is 2. The van der Waals surface area contributed by atoms with Crippen molar-refractivity contribution in [3.8, 4) is 5.75 Å². The van der Waals surface area contributed by atoms with Gasteiger partial charge < -0.3 is 20.3 Å². The predicted molar refractivity (Wildman–Crippen MR) is 138 cm³/mol. The van der Waals surface area contributed by atoms with Crippen LogP contribution in [0.1, 0.15) is 23.1 Å². The molecule has 2 N–H and O–H groups in total. The quantitative estimate of drug-likeness (QED) is 0.539. The number of aromatic nitrogens is 1. The van der Waals surface area contributed by atoms with E-state index in [1.165, 1.54) is 5.56 Å². The molecule has 2 aromatic carbocycles. The Kier molecular flexibility index (Phi) is 7.65. The number of nitrogens with one attached hydrogen (secondary N) is 2. The van der Waals surface area contributed by atoms with Crippen molar-refractivity contribution in [2.24, 2.45) is 0 Å². The Labute approximate surface area is 201 Å². The molecule has 0 saturated carbocycles. The summed E-state index contributed by atoms with van der Waals surface area (Å²) in [6.07, 6.45) is 2.80. The van der Waals surface area contributed by atoms with E-state index < -0.39 is 0 Å². The van der Waals surface area contributed by atoms with Crippen LogP contribution in [0.5, 0.6) is 5.75 Å². The fraction of sp³-hybridized carbons (Fsp3) is 0.333. The van der Waals surface area contributed by atoms with E-state index in [9.17, 15) is 4.79 Å². The van der Waals surface area contributed by atoms with Gasteiger partial charge in [0.2, 0.25) is 0 Å². The normalized spacial score (nSPS) is 14.4. The predicted octanol–water partition coefficient (Wildman–Crippen LogP) is 5.06. The summed E-state index contributed by atoms with van der Waals surface area (Å²) in [7, 11) is 1.69. The van der Waals surface area contributed by atoms with Gasteiger partial charge in [-0.05, 0) is 61.2 Å². The van der Waals surface area contributed by atoms with Crippen LogP contribution in [0.4, 0.5) is 22.0 Å². The summed E-state index contributed by atoms with van der Waals surface area (Å²) in [5, 5.41) is 5.83. The second-order valence-corrected chi connectivity index (χ2v) is 8.72. The maximum atomic E-state index is 12.5. The van der Waals surface area contributed by atoms with Gasteiger partial charge in [-0.1, -0.05) is 30.3 Å². The summed E-state index contributed by atoms with van der Waals surface area (Å²) in [6.45, 7) is 8.82. The van der Waals surface area contributed by atoms with Crippen LogP contribution >= 0.6 is 0 Å². The van der Waals surface area contributed by atoms with Crippen molar-refractivity contribution in [3.05, 3.63) is 77.5 Å². The van der Waals surface area contributed by atoms with Gasteiger partial charge in [-0.3, -0.25) is 4.90 Å². The van der Waals surface area contributed by atoms with E-state index in [4.69, 9.17) is 4.74 Å². The molecule has 1 saturated heterocycles. The summed E-state index contributed by atoms with van der Waals surface area (Å²) in [4.78, 5) is 21.9. The van der Waals surface area contributed by atoms with Gasteiger partial charge in [0.25, 0.3) is 0 Å². The molecule has 0 spiro atoms. The molecule has 0 radical (unpaired) electrons. The number of anilines is 3. The fourth-order valence-corrected chi connectivity index (χ4v) is 4.28. The lowest BCUT2D eigenvalue weighted by molar-refractivity contribution is 0.262. The number of benzene rings is 2. The SMILES string of the molecule is COc1ccc(CN2CCCN(c3ccc(NC(=O)Nc4c(C)cccc4C)cn3)CC2)cc1. The molecular formula is C27H33N5O2. The average molecular weight is 460 g/mol. The van der Waals surface area contributed by atoms with Crippen molar-refractivity contribution in [3.63, 3.8) is 0 Å². The van der Waals surface area contributed by atoms with Crippen molar-refractivity contribution in [1.82, 2.24) is 9.88 Å². The Morgan fingerprint density at radius 2 is 1.71 bits per heavy atom. The molecule has 0 bridgehead atoms. The number of ether oxygens (including phenoxy) is 1. The van der Waals surface area contributed by atoms with Gasteiger partial charge in [0.05, 0.1) is 19.0 Å². The van der Waals surface area contributed by atoms with Crippen LogP contribution in [-0.4, -0.2) is 49.2 Å². The summed E-state index contributed by atoms with van der Waals surface area (Å²) in [5.74, 6) is 1.82. The lowest BCUT2D eigenvalue weighted by Gasteiger charge is -2.23. The Bertz CT molecular complexity index is 1080. The molecule has 1 aliphatic heterocycles. The van der Waals surface area contributed by atoms with E-state index in [0.29, 0.717) is 5.69 Å². The second-order valence-electron chi connectivity index (χ2n) is 8.72. The number of pyridine rings is 1. The summed E-state index contributed by atoms with van der Waals surface area (Å²) in [6, 6.07) is 17.9. The number of hydrogen-bond donors (Lipinski definition) is 2. The Morgan fingerprint density at radius 1 is 0.941 bits per heavy atom. The lowest BCUT2D eigenvalue weighted by Crippen LogP contribution is -2.31. The van der Waals surface area contributed by atoms with Crippen molar-refractivity contribution in [2.45, 2.75) is 26.8 Å². The standard InChI is InChI=1S/C27H33N5O2/c1-20-6-4-7-21(2)26(20)30-27(33)29-23-10-13-25(28-18-23)32-15-5-14-31(16-17-32)19-22-8-11-24(34-3)12-9-22/h4,6-13,18H,5,14-17,19H2,1-3H3,(H2,29,30,33). The van der Waals surface area contributed by atoms with E-state index in [-0.39, 0.29) is 6.03 Å². The van der Waals surface area contributed by atoms with Crippen LogP contribution in [0.15, 0.2) is 60.8 Å². The highest BCUT2D eigenvalue weighted by molar-refractivity contribution is 6.00. The van der Waals surface area contributed by atoms with Crippen molar-refractivity contribution in [2.75, 3.05) is 48.8 Å². The molecule has 4 rings (SSSR count). The summed E-state index contributed by atoms with van der Waals surface area (Å²) >= 11 is 0. The minimum atomic E-state index is -0.268. The van der Waals surface area contributed by atoms with Crippen LogP contribution < -0.4 is 20.3 Å². The van der Waals surface area contributed by atoms with E-state index in [1.807, 2.05) is 56.3 Å². The highest BCUT2D eigenvalue weighted by Crippen LogP contribution is 2.21. The van der Waals surface area contributed by atoms with Gasteiger partial charge in [0.1, 0.15) is 11.6 Å². The first kappa shape index (κ1) is 23.6. The molecule has 178 valence electrons. The minimum absolute atomic E-state index is 0.268. The van der Waals surface area contributed by atoms with Crippen molar-refractivity contribution in [1.29, 1.82) is 0 Å². The highest BCUT2D eigenvalue weighted by Gasteiger charge is 2.16. The third-order valence-corrected chi connectivity index (χ3v) is 6.20. The van der Waals surface area contributed by atoms with Crippen molar-refractivity contribution < 1.29 is 9.53 Å². The average Bonchev–Trinajstić information content (AvgIpc) is 3.08. The molecule has 0 aliphatic carbocycles. The highest BCUT2D eigenvalue weighted by atomic mass is 16.5. The van der Waals surface area contributed by atoms with Crippen LogP contribution in [0, 0.1) is 13.8 Å². The van der Waals surface area contributed by atoms with E-state index in [1.54, 1.807) is 13.3 Å². The number of hydrogen-bond acceptors (Lipinski definition) is 5. The lowest BCUT2D eigenvalue weighted by atomic mass is 10.1. The molecule has 0 unspecified atom stereocenters. The zero-order valence-corrected chi connectivity index (χ0v) is 20.2. The first-order chi connectivity index (χ1) is 16.5. The number of carbonyl (C=O) groups excluding carboxylic acids is 1. The largest absolute Gasteiger partial charge is 0.497 e. The van der Waals surface area contributed by atoms with Crippen LogP contribution in [-0.2, 0) is 6.54 Å². The zero-order valence-electron chi connectivity index (χ0n) is 20.2. The number of nitrogens with zero attached hydrogens (tertiary/aromatic N) is 3. The molecule has 7 heteroatoms. The van der Waals surface area contributed by atoms with Crippen LogP contribution in [0.25, 0.3) is 0 Å². The Morgan fingerprint density at radius 3 is 2.38 bits per heavy atom. The monoisotopic (exact) mass is 459 g/mol. The molecule has 2 heterocycles. The summed E-state index contributed by atoms with van der Waals surface area (Å²) in [5.41, 5.74) is 4.87. The number of urea groups is 1. The van der Waals surface area contributed by atoms with Gasteiger partial charge in [-0.15, -0.1) is 0 Å². The van der Waals surface area contributed by atoms with Gasteiger partial charge in [0, 0.05) is 38.4 Å². The number of rotatable bonds is 6. The molecule has 1 fully saturated rings. The van der Waals surface area contributed by atoms with E-state index >= 15 is 0 Å². The fourth-order valence-electron chi connectivity index (χ4n) is 4.28. The Hall–Kier alpha value is -3.58. The number of carbonyl (C=O) groups is 1. The van der Waals surface area contributed by atoms with Gasteiger partial charge >= 0.3 is 6.03 Å². The number of para-hydroxylation sites is 1. The maximum Gasteiger partial charge on any atom is 0.323 e. The van der Waals surface area contributed by atoms with Gasteiger partial charge in [-0.2, -0.15) is 0 Å². The molecule has 7 nitrogen and oxygen atoms in total. The maximum absolute atomic E-state index is 12.5. The minimum Gasteiger partial charge on any atom is -0.497 e. The number of methoxy groups -OCH3 is 1. The third-order valence-electron chi connectivity index (χ3n) is 6.20. The molecule has 3 aromatic rings. The molecule has 34 heavy (non-hydrogen) atoms. The Balaban J connectivity index is 1.30. The third kappa shape index (κ3) is 6.05. The first-order valence-corrected chi connectivity index (χ1v) is 11.7. The van der Waals surface area contributed by atoms with Gasteiger partial charge in [0.15, 0.2) is 0 Å². The zero-order chi connectivity index (χ0) is 23.9. The van der Waals surface area contributed by atoms with Crippen molar-refractivity contribution >= 4 is 23.2 Å². The molecular weight excluding hydrogens is 426 g/mol. The topological polar surface area (TPSA) is 69.7 Å². The van der Waals surface area contributed by atoms with Crippen LogP contribution in [0.3, 0.4) is 0 Å². The second kappa shape index (κ2) is 11.0. The van der Waals surface area contributed by atoms with Gasteiger partial charge in [-0.25, -0.2) is 9.78 Å². The summed E-state index contributed by atoms with van der Waals surface area (Å²) < 4.78 is 5.25. The molecule has 2 amide bonds. The first-order valence-electron chi connectivity index (χ1n) is 11.7. The molecule has 0 atom stereocenters. The van der Waals surface area contributed by atoms with E-state index in [2.05, 4.69) is 37.6 Å². The molecule has 1 aromatic heterocycles.